The third-order valence-corrected chi connectivity index (χ3v) is 5.18. The first-order valence-electron chi connectivity index (χ1n) is 8.39. The van der Waals surface area contributed by atoms with Crippen LogP contribution in [0.15, 0.2) is 48.5 Å². The van der Waals surface area contributed by atoms with E-state index < -0.39 is 0 Å². The van der Waals surface area contributed by atoms with E-state index in [9.17, 15) is 0 Å². The number of nitrogens with zero attached hydrogens (tertiary/aromatic N) is 2. The van der Waals surface area contributed by atoms with Gasteiger partial charge in [-0.25, -0.2) is 0 Å². The van der Waals surface area contributed by atoms with Crippen LogP contribution in [0.3, 0.4) is 0 Å². The average Bonchev–Trinajstić information content (AvgIpc) is 2.65. The molecule has 0 saturated carbocycles. The van der Waals surface area contributed by atoms with Crippen LogP contribution in [-0.4, -0.2) is 44.7 Å². The fraction of sp³-hybridized carbons (Fsp3) is 0.300. The van der Waals surface area contributed by atoms with Crippen molar-refractivity contribution in [2.75, 3.05) is 44.7 Å². The van der Waals surface area contributed by atoms with Crippen LogP contribution in [-0.2, 0) is 0 Å². The van der Waals surface area contributed by atoms with E-state index in [1.165, 1.54) is 0 Å². The SMILES string of the molecule is COc1ccccc1C=CCN1CCN(c2ccc(Cl)c(Cl)c2)CC1. The highest BCUT2D eigenvalue weighted by Gasteiger charge is 2.16. The smallest absolute Gasteiger partial charge is 0.126 e. The predicted octanol–water partition coefficient (Wildman–Crippen LogP) is 4.84. The Kier molecular flexibility index (Phi) is 6.24. The highest BCUT2D eigenvalue weighted by molar-refractivity contribution is 6.42. The van der Waals surface area contributed by atoms with Gasteiger partial charge >= 0.3 is 0 Å². The van der Waals surface area contributed by atoms with Gasteiger partial charge in [-0.3, -0.25) is 4.90 Å². The van der Waals surface area contributed by atoms with Crippen molar-refractivity contribution in [2.45, 2.75) is 0 Å². The molecule has 1 saturated heterocycles. The van der Waals surface area contributed by atoms with Gasteiger partial charge in [0.05, 0.1) is 17.2 Å². The summed E-state index contributed by atoms with van der Waals surface area (Å²) in [6.45, 7) is 4.96. The number of hydrogen-bond donors (Lipinski definition) is 0. The van der Waals surface area contributed by atoms with E-state index in [-0.39, 0.29) is 0 Å². The van der Waals surface area contributed by atoms with Crippen molar-refractivity contribution in [3.05, 3.63) is 64.1 Å². The second-order valence-electron chi connectivity index (χ2n) is 6.03. The molecule has 5 heteroatoms. The van der Waals surface area contributed by atoms with E-state index in [0.717, 1.165) is 49.7 Å². The lowest BCUT2D eigenvalue weighted by Crippen LogP contribution is -2.46. The molecular weight excluding hydrogens is 355 g/mol. The van der Waals surface area contributed by atoms with E-state index in [0.29, 0.717) is 10.0 Å². The molecule has 0 aliphatic carbocycles. The van der Waals surface area contributed by atoms with Crippen LogP contribution < -0.4 is 9.64 Å². The lowest BCUT2D eigenvalue weighted by atomic mass is 10.2. The molecule has 0 aromatic heterocycles. The first kappa shape index (κ1) is 18.1. The van der Waals surface area contributed by atoms with E-state index >= 15 is 0 Å². The number of benzene rings is 2. The molecule has 0 N–H and O–H groups in total. The van der Waals surface area contributed by atoms with E-state index in [1.54, 1.807) is 7.11 Å². The van der Waals surface area contributed by atoms with Crippen molar-refractivity contribution < 1.29 is 4.74 Å². The van der Waals surface area contributed by atoms with Crippen LogP contribution in [0.5, 0.6) is 5.75 Å². The van der Waals surface area contributed by atoms with Crippen LogP contribution >= 0.6 is 23.2 Å². The maximum atomic E-state index is 6.12. The fourth-order valence-electron chi connectivity index (χ4n) is 3.00. The lowest BCUT2D eigenvalue weighted by molar-refractivity contribution is 0.284. The number of ether oxygens (including phenoxy) is 1. The number of piperazine rings is 1. The molecule has 2 aromatic rings. The summed E-state index contributed by atoms with van der Waals surface area (Å²) in [7, 11) is 1.70. The molecule has 25 heavy (non-hydrogen) atoms. The lowest BCUT2D eigenvalue weighted by Gasteiger charge is -2.35. The molecule has 2 aromatic carbocycles. The summed E-state index contributed by atoms with van der Waals surface area (Å²) in [6, 6.07) is 13.9. The molecule has 132 valence electrons. The number of rotatable bonds is 5. The van der Waals surface area contributed by atoms with Gasteiger partial charge < -0.3 is 9.64 Å². The second-order valence-corrected chi connectivity index (χ2v) is 6.84. The summed E-state index contributed by atoms with van der Waals surface area (Å²) in [6.07, 6.45) is 4.33. The maximum absolute atomic E-state index is 6.12. The van der Waals surface area contributed by atoms with Crippen LogP contribution in [0.25, 0.3) is 6.08 Å². The van der Waals surface area contributed by atoms with Crippen molar-refractivity contribution >= 4 is 35.0 Å². The van der Waals surface area contributed by atoms with E-state index in [2.05, 4.69) is 28.0 Å². The summed E-state index contributed by atoms with van der Waals surface area (Å²) in [5, 5.41) is 1.21. The molecule has 3 rings (SSSR count). The zero-order valence-corrected chi connectivity index (χ0v) is 15.8. The summed E-state index contributed by atoms with van der Waals surface area (Å²) < 4.78 is 5.38. The van der Waals surface area contributed by atoms with Gasteiger partial charge in [-0.2, -0.15) is 0 Å². The van der Waals surface area contributed by atoms with Crippen LogP contribution in [0.4, 0.5) is 5.69 Å². The summed E-state index contributed by atoms with van der Waals surface area (Å²) in [5.74, 6) is 0.906. The number of hydrogen-bond acceptors (Lipinski definition) is 3. The van der Waals surface area contributed by atoms with Crippen molar-refractivity contribution in [1.29, 1.82) is 0 Å². The molecule has 1 aliphatic heterocycles. The van der Waals surface area contributed by atoms with Crippen LogP contribution in [0, 0.1) is 0 Å². The Bertz CT molecular complexity index is 740. The summed E-state index contributed by atoms with van der Waals surface area (Å²) in [4.78, 5) is 4.79. The van der Waals surface area contributed by atoms with Crippen molar-refractivity contribution in [3.63, 3.8) is 0 Å². The predicted molar refractivity (Wildman–Crippen MR) is 107 cm³/mol. The van der Waals surface area contributed by atoms with Crippen molar-refractivity contribution in [3.8, 4) is 5.75 Å². The minimum absolute atomic E-state index is 0.602. The summed E-state index contributed by atoms with van der Waals surface area (Å²) >= 11 is 12.1. The minimum Gasteiger partial charge on any atom is -0.496 e. The van der Waals surface area contributed by atoms with Crippen LogP contribution in [0.2, 0.25) is 10.0 Å². The first-order valence-corrected chi connectivity index (χ1v) is 9.15. The van der Waals surface area contributed by atoms with Gasteiger partial charge in [0.25, 0.3) is 0 Å². The highest BCUT2D eigenvalue weighted by atomic mass is 35.5. The van der Waals surface area contributed by atoms with Gasteiger partial charge in [0.1, 0.15) is 5.75 Å². The van der Waals surface area contributed by atoms with Crippen LogP contribution in [0.1, 0.15) is 5.56 Å². The Morgan fingerprint density at radius 2 is 1.76 bits per heavy atom. The zero-order valence-electron chi connectivity index (χ0n) is 14.3. The zero-order chi connectivity index (χ0) is 17.6. The number of para-hydroxylation sites is 1. The molecule has 0 atom stereocenters. The van der Waals surface area contributed by atoms with Gasteiger partial charge in [0.15, 0.2) is 0 Å². The maximum Gasteiger partial charge on any atom is 0.126 e. The second kappa shape index (κ2) is 8.61. The Morgan fingerprint density at radius 1 is 1.00 bits per heavy atom. The van der Waals surface area contributed by atoms with Gasteiger partial charge in [-0.1, -0.05) is 53.6 Å². The topological polar surface area (TPSA) is 15.7 Å². The normalized spacial score (nSPS) is 15.7. The Morgan fingerprint density at radius 3 is 2.48 bits per heavy atom. The molecule has 1 heterocycles. The molecule has 0 bridgehead atoms. The summed E-state index contributed by atoms with van der Waals surface area (Å²) in [5.41, 5.74) is 2.25. The molecule has 3 nitrogen and oxygen atoms in total. The van der Waals surface area contributed by atoms with Gasteiger partial charge in [-0.15, -0.1) is 0 Å². The third-order valence-electron chi connectivity index (χ3n) is 4.44. The fourth-order valence-corrected chi connectivity index (χ4v) is 3.30. The molecule has 1 fully saturated rings. The Labute approximate surface area is 159 Å². The third kappa shape index (κ3) is 4.69. The van der Waals surface area contributed by atoms with E-state index in [1.807, 2.05) is 36.4 Å². The van der Waals surface area contributed by atoms with Crippen molar-refractivity contribution in [2.24, 2.45) is 0 Å². The number of methoxy groups -OCH3 is 1. The van der Waals surface area contributed by atoms with Gasteiger partial charge in [0.2, 0.25) is 0 Å². The number of halogens is 2. The molecular formula is C20H22Cl2N2O. The molecule has 0 spiro atoms. The Balaban J connectivity index is 1.52. The van der Waals surface area contributed by atoms with Gasteiger partial charge in [-0.05, 0) is 24.3 Å². The highest BCUT2D eigenvalue weighted by Crippen LogP contribution is 2.27. The number of anilines is 1. The van der Waals surface area contributed by atoms with E-state index in [4.69, 9.17) is 27.9 Å². The molecule has 1 aliphatic rings. The monoisotopic (exact) mass is 376 g/mol. The largest absolute Gasteiger partial charge is 0.496 e. The average molecular weight is 377 g/mol. The first-order chi connectivity index (χ1) is 12.2. The molecule has 0 amide bonds. The molecule has 0 radical (unpaired) electrons. The minimum atomic E-state index is 0.602. The van der Waals surface area contributed by atoms with Gasteiger partial charge in [0, 0.05) is 44.0 Å². The van der Waals surface area contributed by atoms with Crippen molar-refractivity contribution in [1.82, 2.24) is 4.90 Å². The quantitative estimate of drug-likeness (QED) is 0.742. The Hall–Kier alpha value is -1.68. The molecule has 0 unspecified atom stereocenters. The standard InChI is InChI=1S/C20H22Cl2N2O/c1-25-20-7-3-2-5-16(20)6-4-10-23-11-13-24(14-12-23)17-8-9-18(21)19(22)15-17/h2-9,15H,10-14H2,1H3.